The van der Waals surface area contributed by atoms with Crippen LogP contribution in [0.3, 0.4) is 0 Å². The Balaban J connectivity index is 1.20. The molecular formula is C22H28F3NO4. The third-order valence-corrected chi connectivity index (χ3v) is 6.59. The molecule has 1 aromatic rings. The maximum Gasteiger partial charge on any atom is 0.387 e. The molecule has 8 heteroatoms. The summed E-state index contributed by atoms with van der Waals surface area (Å²) in [7, 11) is 0. The SMILES string of the molecule is O=C(NC1CCC(C(O)C2CC2)CC1)C1CC(Oc2cc(F)ccc2OC(F)F)C1. The molecule has 30 heavy (non-hydrogen) atoms. The molecule has 3 aliphatic carbocycles. The highest BCUT2D eigenvalue weighted by Crippen LogP contribution is 2.41. The van der Waals surface area contributed by atoms with Crippen molar-refractivity contribution in [1.29, 1.82) is 0 Å². The molecule has 1 unspecified atom stereocenters. The maximum absolute atomic E-state index is 13.4. The third-order valence-electron chi connectivity index (χ3n) is 6.59. The van der Waals surface area contributed by atoms with E-state index in [1.54, 1.807) is 0 Å². The first-order valence-corrected chi connectivity index (χ1v) is 10.8. The van der Waals surface area contributed by atoms with Crippen molar-refractivity contribution < 1.29 is 32.5 Å². The van der Waals surface area contributed by atoms with E-state index < -0.39 is 12.4 Å². The summed E-state index contributed by atoms with van der Waals surface area (Å²) in [6, 6.07) is 3.28. The van der Waals surface area contributed by atoms with E-state index in [1.807, 2.05) is 0 Å². The van der Waals surface area contributed by atoms with E-state index in [4.69, 9.17) is 4.74 Å². The fraction of sp³-hybridized carbons (Fsp3) is 0.682. The lowest BCUT2D eigenvalue weighted by molar-refractivity contribution is -0.131. The van der Waals surface area contributed by atoms with Gasteiger partial charge < -0.3 is 19.9 Å². The normalized spacial score (nSPS) is 29.8. The number of rotatable bonds is 8. The summed E-state index contributed by atoms with van der Waals surface area (Å²) in [4.78, 5) is 12.5. The van der Waals surface area contributed by atoms with Gasteiger partial charge in [-0.15, -0.1) is 0 Å². The summed E-state index contributed by atoms with van der Waals surface area (Å²) in [5, 5.41) is 13.4. The van der Waals surface area contributed by atoms with Gasteiger partial charge >= 0.3 is 6.61 Å². The molecule has 1 amide bonds. The number of aliphatic hydroxyl groups is 1. The minimum atomic E-state index is -3.03. The summed E-state index contributed by atoms with van der Waals surface area (Å²) >= 11 is 0. The Morgan fingerprint density at radius 3 is 2.27 bits per heavy atom. The monoisotopic (exact) mass is 427 g/mol. The number of ether oxygens (including phenoxy) is 2. The van der Waals surface area contributed by atoms with Crippen molar-refractivity contribution in [2.45, 2.75) is 76.2 Å². The zero-order valence-corrected chi connectivity index (χ0v) is 16.7. The van der Waals surface area contributed by atoms with E-state index >= 15 is 0 Å². The quantitative estimate of drug-likeness (QED) is 0.657. The van der Waals surface area contributed by atoms with Gasteiger partial charge in [0.1, 0.15) is 11.9 Å². The van der Waals surface area contributed by atoms with Crippen LogP contribution in [0.15, 0.2) is 18.2 Å². The second-order valence-corrected chi connectivity index (χ2v) is 8.83. The Morgan fingerprint density at radius 2 is 1.67 bits per heavy atom. The van der Waals surface area contributed by atoms with E-state index in [2.05, 4.69) is 10.1 Å². The predicted octanol–water partition coefficient (Wildman–Crippen LogP) is 4.03. The second kappa shape index (κ2) is 9.04. The molecule has 5 nitrogen and oxygen atoms in total. The van der Waals surface area contributed by atoms with Crippen LogP contribution >= 0.6 is 0 Å². The van der Waals surface area contributed by atoms with Gasteiger partial charge in [-0.05, 0) is 75.3 Å². The Bertz CT molecular complexity index is 744. The molecule has 1 aromatic carbocycles. The average molecular weight is 427 g/mol. The molecule has 0 heterocycles. The Morgan fingerprint density at radius 1 is 1.03 bits per heavy atom. The molecular weight excluding hydrogens is 399 g/mol. The van der Waals surface area contributed by atoms with Gasteiger partial charge in [-0.1, -0.05) is 0 Å². The van der Waals surface area contributed by atoms with Crippen LogP contribution < -0.4 is 14.8 Å². The number of alkyl halides is 2. The maximum atomic E-state index is 13.4. The summed E-state index contributed by atoms with van der Waals surface area (Å²) < 4.78 is 48.4. The van der Waals surface area contributed by atoms with Gasteiger partial charge in [0.2, 0.25) is 5.91 Å². The highest BCUT2D eigenvalue weighted by atomic mass is 19.3. The van der Waals surface area contributed by atoms with Crippen molar-refractivity contribution in [1.82, 2.24) is 5.32 Å². The van der Waals surface area contributed by atoms with E-state index in [0.717, 1.165) is 56.7 Å². The van der Waals surface area contributed by atoms with Gasteiger partial charge in [-0.3, -0.25) is 4.79 Å². The van der Waals surface area contributed by atoms with Crippen LogP contribution in [0, 0.1) is 23.6 Å². The van der Waals surface area contributed by atoms with Gasteiger partial charge in [0.25, 0.3) is 0 Å². The number of carbonyl (C=O) groups excluding carboxylic acids is 1. The molecule has 166 valence electrons. The Labute approximate surface area is 173 Å². The smallest absolute Gasteiger partial charge is 0.387 e. The molecule has 1 atom stereocenters. The number of aliphatic hydroxyl groups excluding tert-OH is 1. The lowest BCUT2D eigenvalue weighted by atomic mass is 9.79. The number of hydrogen-bond donors (Lipinski definition) is 2. The number of halogens is 3. The van der Waals surface area contributed by atoms with Crippen molar-refractivity contribution in [2.75, 3.05) is 0 Å². The fourth-order valence-corrected chi connectivity index (χ4v) is 4.57. The third kappa shape index (κ3) is 5.20. The second-order valence-electron chi connectivity index (χ2n) is 8.83. The molecule has 3 aliphatic rings. The number of nitrogens with one attached hydrogen (secondary N) is 1. The first-order chi connectivity index (χ1) is 14.4. The van der Waals surface area contributed by atoms with Gasteiger partial charge in [-0.2, -0.15) is 8.78 Å². The van der Waals surface area contributed by atoms with Crippen LogP contribution in [0.4, 0.5) is 13.2 Å². The topological polar surface area (TPSA) is 67.8 Å². The van der Waals surface area contributed by atoms with E-state index in [1.165, 1.54) is 0 Å². The fourth-order valence-electron chi connectivity index (χ4n) is 4.57. The summed E-state index contributed by atoms with van der Waals surface area (Å²) in [6.07, 6.45) is 6.27. The van der Waals surface area contributed by atoms with E-state index in [9.17, 15) is 23.1 Å². The van der Waals surface area contributed by atoms with Crippen LogP contribution in [-0.2, 0) is 4.79 Å². The predicted molar refractivity (Wildman–Crippen MR) is 103 cm³/mol. The lowest BCUT2D eigenvalue weighted by Crippen LogP contribution is -2.48. The zero-order valence-electron chi connectivity index (χ0n) is 16.7. The zero-order chi connectivity index (χ0) is 21.3. The standard InChI is InChI=1S/C22H28F3NO4/c23-15-5-8-18(30-22(24)25)19(11-15)29-17-9-14(10-17)21(28)26-16-6-3-13(4-7-16)20(27)12-1-2-12/h5,8,11-14,16-17,20,22,27H,1-4,6-7,9-10H2,(H,26,28). The van der Waals surface area contributed by atoms with Crippen LogP contribution in [-0.4, -0.2) is 35.9 Å². The van der Waals surface area contributed by atoms with Crippen molar-refractivity contribution in [2.24, 2.45) is 17.8 Å². The van der Waals surface area contributed by atoms with Crippen LogP contribution in [0.2, 0.25) is 0 Å². The molecule has 0 saturated heterocycles. The van der Waals surface area contributed by atoms with Crippen molar-refractivity contribution in [3.05, 3.63) is 24.0 Å². The first-order valence-electron chi connectivity index (χ1n) is 10.8. The highest BCUT2D eigenvalue weighted by Gasteiger charge is 2.39. The number of hydrogen-bond acceptors (Lipinski definition) is 4. The van der Waals surface area contributed by atoms with Gasteiger partial charge in [0.05, 0.1) is 6.10 Å². The molecule has 0 radical (unpaired) electrons. The molecule has 4 rings (SSSR count). The van der Waals surface area contributed by atoms with Crippen molar-refractivity contribution in [3.63, 3.8) is 0 Å². The minimum Gasteiger partial charge on any atom is -0.486 e. The van der Waals surface area contributed by atoms with Gasteiger partial charge in [0.15, 0.2) is 11.5 Å². The highest BCUT2D eigenvalue weighted by molar-refractivity contribution is 5.80. The van der Waals surface area contributed by atoms with Gasteiger partial charge in [-0.25, -0.2) is 4.39 Å². The van der Waals surface area contributed by atoms with Crippen molar-refractivity contribution >= 4 is 5.91 Å². The number of amides is 1. The number of benzene rings is 1. The molecule has 0 aromatic heterocycles. The molecule has 2 N–H and O–H groups in total. The summed E-state index contributed by atoms with van der Waals surface area (Å²) in [6.45, 7) is -3.03. The summed E-state index contributed by atoms with van der Waals surface area (Å²) in [5.41, 5.74) is 0. The first kappa shape index (κ1) is 21.3. The van der Waals surface area contributed by atoms with Crippen LogP contribution in [0.1, 0.15) is 51.4 Å². The van der Waals surface area contributed by atoms with Gasteiger partial charge in [0, 0.05) is 18.0 Å². The minimum absolute atomic E-state index is 0.0238. The molecule has 0 aliphatic heterocycles. The summed E-state index contributed by atoms with van der Waals surface area (Å²) in [5.74, 6) is -0.290. The van der Waals surface area contributed by atoms with Crippen molar-refractivity contribution in [3.8, 4) is 11.5 Å². The van der Waals surface area contributed by atoms with E-state index in [0.29, 0.717) is 24.7 Å². The van der Waals surface area contributed by atoms with Crippen LogP contribution in [0.5, 0.6) is 11.5 Å². The number of carbonyl (C=O) groups is 1. The Kier molecular flexibility index (Phi) is 6.41. The average Bonchev–Trinajstić information content (AvgIpc) is 3.51. The Hall–Kier alpha value is -1.96. The lowest BCUT2D eigenvalue weighted by Gasteiger charge is -2.37. The van der Waals surface area contributed by atoms with E-state index in [-0.39, 0.29) is 41.6 Å². The molecule has 0 bridgehead atoms. The molecule has 0 spiro atoms. The molecule has 3 saturated carbocycles. The largest absolute Gasteiger partial charge is 0.486 e. The van der Waals surface area contributed by atoms with Crippen LogP contribution in [0.25, 0.3) is 0 Å². The molecule has 3 fully saturated rings.